The molecule has 0 aliphatic rings. The Labute approximate surface area is 139 Å². The summed E-state index contributed by atoms with van der Waals surface area (Å²) in [6.45, 7) is 2.02. The average molecular weight is 323 g/mol. The molecule has 2 aromatic carbocycles. The molecule has 0 saturated carbocycles. The Hall–Kier alpha value is -2.33. The first kappa shape index (κ1) is 15.6. The Balaban J connectivity index is 1.79. The van der Waals surface area contributed by atoms with E-state index in [4.69, 9.17) is 4.74 Å². The monoisotopic (exact) mass is 323 g/mol. The number of hydrogen-bond acceptors (Lipinski definition) is 4. The first-order valence-corrected chi connectivity index (χ1v) is 8.32. The number of aryl methyl sites for hydroxylation is 1. The largest absolute Gasteiger partial charge is 0.465 e. The molecule has 0 unspecified atom stereocenters. The van der Waals surface area contributed by atoms with Crippen molar-refractivity contribution in [1.29, 1.82) is 0 Å². The van der Waals surface area contributed by atoms with Crippen molar-refractivity contribution in [3.63, 3.8) is 0 Å². The zero-order chi connectivity index (χ0) is 16.2. The third-order valence-corrected chi connectivity index (χ3v) is 4.70. The van der Waals surface area contributed by atoms with E-state index in [9.17, 15) is 4.79 Å². The third-order valence-electron chi connectivity index (χ3n) is 3.58. The van der Waals surface area contributed by atoms with E-state index < -0.39 is 0 Å². The molecule has 0 radical (unpaired) electrons. The van der Waals surface area contributed by atoms with Gasteiger partial charge in [0.25, 0.3) is 0 Å². The maximum Gasteiger partial charge on any atom is 0.337 e. The van der Waals surface area contributed by atoms with Crippen LogP contribution in [-0.4, -0.2) is 18.1 Å². The molecule has 1 heterocycles. The molecule has 0 aliphatic heterocycles. The number of hydrogen-bond donors (Lipinski definition) is 0. The summed E-state index contributed by atoms with van der Waals surface area (Å²) in [6.07, 6.45) is 0. The molecule has 3 rings (SSSR count). The second-order valence-corrected chi connectivity index (χ2v) is 6.27. The number of esters is 1. The zero-order valence-electron chi connectivity index (χ0n) is 13.1. The van der Waals surface area contributed by atoms with E-state index >= 15 is 0 Å². The van der Waals surface area contributed by atoms with E-state index in [1.807, 2.05) is 37.3 Å². The van der Waals surface area contributed by atoms with Crippen molar-refractivity contribution in [3.8, 4) is 0 Å². The fraction of sp³-hybridized carbons (Fsp3) is 0.158. The van der Waals surface area contributed by atoms with E-state index in [-0.39, 0.29) is 5.97 Å². The van der Waals surface area contributed by atoms with Gasteiger partial charge < -0.3 is 4.74 Å². The maximum absolute atomic E-state index is 11.5. The molecular weight excluding hydrogens is 306 g/mol. The number of carbonyl (C=O) groups is 1. The summed E-state index contributed by atoms with van der Waals surface area (Å²) < 4.78 is 4.72. The molecule has 0 aliphatic carbocycles. The number of thioether (sulfide) groups is 1. The summed E-state index contributed by atoms with van der Waals surface area (Å²) in [5.41, 5.74) is 3.79. The molecule has 3 aromatic rings. The number of benzene rings is 2. The van der Waals surface area contributed by atoms with Gasteiger partial charge in [-0.3, -0.25) is 4.98 Å². The molecular formula is C19H17NO2S. The quantitative estimate of drug-likeness (QED) is 0.519. The van der Waals surface area contributed by atoms with Gasteiger partial charge in [-0.25, -0.2) is 4.79 Å². The molecule has 4 heteroatoms. The van der Waals surface area contributed by atoms with Crippen LogP contribution in [0.2, 0.25) is 0 Å². The Bertz CT molecular complexity index is 844. The van der Waals surface area contributed by atoms with Gasteiger partial charge >= 0.3 is 5.97 Å². The number of para-hydroxylation sites is 1. The number of carbonyl (C=O) groups excluding carboxylic acids is 1. The van der Waals surface area contributed by atoms with E-state index in [0.717, 1.165) is 17.0 Å². The molecule has 3 nitrogen and oxygen atoms in total. The van der Waals surface area contributed by atoms with Crippen LogP contribution >= 0.6 is 11.8 Å². The molecule has 0 bridgehead atoms. The fourth-order valence-electron chi connectivity index (χ4n) is 2.40. The smallest absolute Gasteiger partial charge is 0.337 e. The third kappa shape index (κ3) is 3.54. The molecule has 0 spiro atoms. The zero-order valence-corrected chi connectivity index (χ0v) is 13.9. The van der Waals surface area contributed by atoms with Gasteiger partial charge in [-0.1, -0.05) is 30.3 Å². The van der Waals surface area contributed by atoms with Crippen LogP contribution in [-0.2, 0) is 10.5 Å². The van der Waals surface area contributed by atoms with Crippen molar-refractivity contribution in [3.05, 3.63) is 71.4 Å². The predicted octanol–water partition coefficient (Wildman–Crippen LogP) is 4.62. The number of aromatic nitrogens is 1. The first-order valence-electron chi connectivity index (χ1n) is 7.34. The standard InChI is InChI=1S/C19H17NO2S/c1-13-11-18(16-5-3-4-6-17(16)20-13)23-12-14-7-9-15(10-8-14)19(21)22-2/h3-11H,12H2,1-2H3. The van der Waals surface area contributed by atoms with Crippen LogP contribution in [0.15, 0.2) is 59.5 Å². The van der Waals surface area contributed by atoms with Crippen molar-refractivity contribution in [2.45, 2.75) is 17.6 Å². The highest BCUT2D eigenvalue weighted by atomic mass is 32.2. The van der Waals surface area contributed by atoms with Crippen LogP contribution in [0.5, 0.6) is 0 Å². The Kier molecular flexibility index (Phi) is 4.63. The number of ether oxygens (including phenoxy) is 1. The summed E-state index contributed by atoms with van der Waals surface area (Å²) in [6, 6.07) is 17.8. The molecule has 0 saturated heterocycles. The van der Waals surface area contributed by atoms with Gasteiger partial charge in [0, 0.05) is 21.7 Å². The molecule has 0 fully saturated rings. The SMILES string of the molecule is COC(=O)c1ccc(CSc2cc(C)nc3ccccc23)cc1. The predicted molar refractivity (Wildman–Crippen MR) is 93.8 cm³/mol. The average Bonchev–Trinajstić information content (AvgIpc) is 2.59. The summed E-state index contributed by atoms with van der Waals surface area (Å²) in [5.74, 6) is 0.537. The number of rotatable bonds is 4. The topological polar surface area (TPSA) is 39.2 Å². The van der Waals surface area contributed by atoms with Crippen LogP contribution in [0.25, 0.3) is 10.9 Å². The van der Waals surface area contributed by atoms with Gasteiger partial charge in [0.2, 0.25) is 0 Å². The van der Waals surface area contributed by atoms with Gasteiger partial charge in [0.05, 0.1) is 18.2 Å². The summed E-state index contributed by atoms with van der Waals surface area (Å²) >= 11 is 1.78. The van der Waals surface area contributed by atoms with Crippen molar-refractivity contribution >= 4 is 28.6 Å². The number of fused-ring (bicyclic) bond motifs is 1. The Morgan fingerprint density at radius 2 is 1.87 bits per heavy atom. The maximum atomic E-state index is 11.5. The number of nitrogens with zero attached hydrogens (tertiary/aromatic N) is 1. The lowest BCUT2D eigenvalue weighted by Gasteiger charge is -2.08. The van der Waals surface area contributed by atoms with Crippen molar-refractivity contribution < 1.29 is 9.53 Å². The minimum absolute atomic E-state index is 0.306. The van der Waals surface area contributed by atoms with E-state index in [1.165, 1.54) is 23.0 Å². The summed E-state index contributed by atoms with van der Waals surface area (Å²) in [4.78, 5) is 17.2. The van der Waals surface area contributed by atoms with Crippen LogP contribution in [0, 0.1) is 6.92 Å². The molecule has 0 N–H and O–H groups in total. The Morgan fingerprint density at radius 3 is 2.61 bits per heavy atom. The molecule has 0 amide bonds. The van der Waals surface area contributed by atoms with E-state index in [0.29, 0.717) is 5.56 Å². The van der Waals surface area contributed by atoms with Gasteiger partial charge in [0.1, 0.15) is 0 Å². The van der Waals surface area contributed by atoms with Gasteiger partial charge in [-0.2, -0.15) is 0 Å². The number of pyridine rings is 1. The molecule has 23 heavy (non-hydrogen) atoms. The van der Waals surface area contributed by atoms with Crippen LogP contribution in [0.3, 0.4) is 0 Å². The molecule has 0 atom stereocenters. The van der Waals surface area contributed by atoms with Crippen molar-refractivity contribution in [2.75, 3.05) is 7.11 Å². The van der Waals surface area contributed by atoms with Gasteiger partial charge in [-0.15, -0.1) is 11.8 Å². The lowest BCUT2D eigenvalue weighted by atomic mass is 10.1. The van der Waals surface area contributed by atoms with Gasteiger partial charge in [0.15, 0.2) is 0 Å². The highest BCUT2D eigenvalue weighted by molar-refractivity contribution is 7.98. The van der Waals surface area contributed by atoms with Crippen molar-refractivity contribution in [1.82, 2.24) is 4.98 Å². The minimum atomic E-state index is -0.306. The van der Waals surface area contributed by atoms with E-state index in [2.05, 4.69) is 17.1 Å². The van der Waals surface area contributed by atoms with Crippen molar-refractivity contribution in [2.24, 2.45) is 0 Å². The Morgan fingerprint density at radius 1 is 1.13 bits per heavy atom. The highest BCUT2D eigenvalue weighted by Crippen LogP contribution is 2.30. The lowest BCUT2D eigenvalue weighted by molar-refractivity contribution is 0.0600. The highest BCUT2D eigenvalue weighted by Gasteiger charge is 2.07. The molecule has 116 valence electrons. The normalized spacial score (nSPS) is 10.7. The number of methoxy groups -OCH3 is 1. The van der Waals surface area contributed by atoms with E-state index in [1.54, 1.807) is 23.9 Å². The fourth-order valence-corrected chi connectivity index (χ4v) is 3.50. The second-order valence-electron chi connectivity index (χ2n) is 5.26. The van der Waals surface area contributed by atoms with Gasteiger partial charge in [-0.05, 0) is 36.8 Å². The molecule has 1 aromatic heterocycles. The first-order chi connectivity index (χ1) is 11.2. The summed E-state index contributed by atoms with van der Waals surface area (Å²) in [5, 5.41) is 1.18. The lowest BCUT2D eigenvalue weighted by Crippen LogP contribution is -2.00. The summed E-state index contributed by atoms with van der Waals surface area (Å²) in [7, 11) is 1.39. The van der Waals surface area contributed by atoms with Crippen LogP contribution < -0.4 is 0 Å². The van der Waals surface area contributed by atoms with Crippen LogP contribution in [0.4, 0.5) is 0 Å². The minimum Gasteiger partial charge on any atom is -0.465 e. The second kappa shape index (κ2) is 6.84. The van der Waals surface area contributed by atoms with Crippen LogP contribution in [0.1, 0.15) is 21.6 Å².